The van der Waals surface area contributed by atoms with Crippen molar-refractivity contribution in [2.45, 2.75) is 59.0 Å². The second kappa shape index (κ2) is 4.33. The quantitative estimate of drug-likeness (QED) is 0.739. The fourth-order valence-electron chi connectivity index (χ4n) is 5.22. The van der Waals surface area contributed by atoms with Crippen molar-refractivity contribution >= 4 is 5.97 Å². The van der Waals surface area contributed by atoms with E-state index in [9.17, 15) is 4.79 Å². The third-order valence-corrected chi connectivity index (χ3v) is 5.45. The van der Waals surface area contributed by atoms with E-state index in [1.807, 2.05) is 13.8 Å². The molecule has 0 heterocycles. The van der Waals surface area contributed by atoms with Gasteiger partial charge in [-0.1, -0.05) is 19.9 Å². The number of esters is 1. The summed E-state index contributed by atoms with van der Waals surface area (Å²) in [7, 11) is 0. The number of hydrogen-bond acceptors (Lipinski definition) is 3. The Bertz CT molecular complexity index is 465. The number of ether oxygens (including phenoxy) is 2. The fraction of sp³-hybridized carbons (Fsp3) is 0.824. The molecule has 3 aliphatic carbocycles. The predicted octanol–water partition coefficient (Wildman–Crippen LogP) is 3.48. The summed E-state index contributed by atoms with van der Waals surface area (Å²) in [5.41, 5.74) is 1.00. The van der Waals surface area contributed by atoms with Gasteiger partial charge in [-0.25, -0.2) is 4.79 Å². The lowest BCUT2D eigenvalue weighted by Gasteiger charge is -2.31. The summed E-state index contributed by atoms with van der Waals surface area (Å²) < 4.78 is 11.4. The number of hydrogen-bond donors (Lipinski definition) is 0. The minimum Gasteiger partial charge on any atom is -0.463 e. The van der Waals surface area contributed by atoms with Crippen LogP contribution in [-0.2, 0) is 14.3 Å². The van der Waals surface area contributed by atoms with Gasteiger partial charge in [-0.15, -0.1) is 0 Å². The van der Waals surface area contributed by atoms with Gasteiger partial charge in [0.1, 0.15) is 5.60 Å². The first-order valence-electron chi connectivity index (χ1n) is 7.91. The molecule has 1 spiro atoms. The third kappa shape index (κ3) is 1.86. The maximum absolute atomic E-state index is 12.3. The first-order chi connectivity index (χ1) is 9.36. The van der Waals surface area contributed by atoms with E-state index < -0.39 is 0 Å². The molecule has 1 unspecified atom stereocenters. The molecule has 3 rings (SSSR count). The smallest absolute Gasteiger partial charge is 0.336 e. The lowest BCUT2D eigenvalue weighted by atomic mass is 9.79. The van der Waals surface area contributed by atoms with E-state index in [-0.39, 0.29) is 17.0 Å². The van der Waals surface area contributed by atoms with Crippen LogP contribution in [0.5, 0.6) is 0 Å². The number of carbonyl (C=O) groups excluding carboxylic acids is 1. The summed E-state index contributed by atoms with van der Waals surface area (Å²) in [6.45, 7) is 9.65. The maximum Gasteiger partial charge on any atom is 0.336 e. The fourth-order valence-corrected chi connectivity index (χ4v) is 5.22. The molecule has 0 aliphatic heterocycles. The largest absolute Gasteiger partial charge is 0.463 e. The molecule has 2 fully saturated rings. The first-order valence-corrected chi connectivity index (χ1v) is 7.91. The van der Waals surface area contributed by atoms with E-state index in [1.54, 1.807) is 0 Å². The van der Waals surface area contributed by atoms with Crippen LogP contribution in [0.4, 0.5) is 0 Å². The van der Waals surface area contributed by atoms with E-state index in [0.29, 0.717) is 24.5 Å². The van der Waals surface area contributed by atoms with Gasteiger partial charge >= 0.3 is 5.97 Å². The van der Waals surface area contributed by atoms with Gasteiger partial charge < -0.3 is 9.47 Å². The van der Waals surface area contributed by atoms with Crippen LogP contribution in [0.25, 0.3) is 0 Å². The highest BCUT2D eigenvalue weighted by molar-refractivity contribution is 5.92. The average molecular weight is 278 g/mol. The topological polar surface area (TPSA) is 35.5 Å². The zero-order chi connectivity index (χ0) is 14.6. The Morgan fingerprint density at radius 2 is 2.00 bits per heavy atom. The third-order valence-electron chi connectivity index (χ3n) is 5.45. The van der Waals surface area contributed by atoms with E-state index in [2.05, 4.69) is 19.9 Å². The molecule has 0 aromatic heterocycles. The highest BCUT2D eigenvalue weighted by Gasteiger charge is 2.66. The Morgan fingerprint density at radius 3 is 2.65 bits per heavy atom. The molecule has 3 aliphatic rings. The van der Waals surface area contributed by atoms with Crippen LogP contribution in [0.2, 0.25) is 0 Å². The monoisotopic (exact) mass is 278 g/mol. The summed E-state index contributed by atoms with van der Waals surface area (Å²) in [4.78, 5) is 12.3. The maximum atomic E-state index is 12.3. The van der Waals surface area contributed by atoms with Crippen LogP contribution in [0.1, 0.15) is 53.4 Å². The predicted molar refractivity (Wildman–Crippen MR) is 77.2 cm³/mol. The van der Waals surface area contributed by atoms with Crippen LogP contribution in [0.15, 0.2) is 11.6 Å². The molecular weight excluding hydrogens is 252 g/mol. The Balaban J connectivity index is 1.96. The Labute approximate surface area is 121 Å². The molecule has 0 saturated heterocycles. The van der Waals surface area contributed by atoms with Gasteiger partial charge in [0.2, 0.25) is 0 Å². The van der Waals surface area contributed by atoms with Gasteiger partial charge in [0.05, 0.1) is 12.2 Å². The molecule has 3 atom stereocenters. The molecule has 0 N–H and O–H groups in total. The Morgan fingerprint density at radius 1 is 1.25 bits per heavy atom. The molecule has 0 radical (unpaired) electrons. The standard InChI is InChI=1S/C17H26O3/c1-5-19-14(18)13-9-16-10-15(3,4)7-12(16)8-17(13,11-16)20-6-2/h9,12H,5-8,10-11H2,1-4H3/t12?,16-,17-/m1/s1. The van der Waals surface area contributed by atoms with Crippen molar-refractivity contribution in [2.24, 2.45) is 16.7 Å². The Hall–Kier alpha value is -0.830. The number of carbonyl (C=O) groups is 1. The van der Waals surface area contributed by atoms with Crippen molar-refractivity contribution in [3.63, 3.8) is 0 Å². The molecule has 3 heteroatoms. The lowest BCUT2D eigenvalue weighted by Crippen LogP contribution is -2.36. The molecule has 2 saturated carbocycles. The minimum atomic E-state index is -0.359. The molecule has 0 aromatic rings. The van der Waals surface area contributed by atoms with E-state index >= 15 is 0 Å². The number of rotatable bonds is 4. The average Bonchev–Trinajstić information content (AvgIpc) is 2.85. The molecule has 0 aromatic carbocycles. The van der Waals surface area contributed by atoms with E-state index in [0.717, 1.165) is 18.4 Å². The van der Waals surface area contributed by atoms with Crippen LogP contribution in [-0.4, -0.2) is 24.8 Å². The van der Waals surface area contributed by atoms with Gasteiger partial charge in [0.15, 0.2) is 0 Å². The number of allylic oxidation sites excluding steroid dienone is 1. The second-order valence-corrected chi connectivity index (χ2v) is 7.56. The second-order valence-electron chi connectivity index (χ2n) is 7.56. The zero-order valence-corrected chi connectivity index (χ0v) is 13.1. The highest BCUT2D eigenvalue weighted by atomic mass is 16.5. The van der Waals surface area contributed by atoms with Gasteiger partial charge in [-0.05, 0) is 56.3 Å². The minimum absolute atomic E-state index is 0.166. The molecular formula is C17H26O3. The van der Waals surface area contributed by atoms with Crippen molar-refractivity contribution in [1.29, 1.82) is 0 Å². The van der Waals surface area contributed by atoms with E-state index in [1.165, 1.54) is 12.8 Å². The van der Waals surface area contributed by atoms with Gasteiger partial charge in [-0.2, -0.15) is 0 Å². The van der Waals surface area contributed by atoms with Crippen molar-refractivity contribution in [2.75, 3.05) is 13.2 Å². The SMILES string of the molecule is CCOC(=O)C1=C[C@]23CC(C)(C)CC2C[C@@]1(OCC)C3. The summed E-state index contributed by atoms with van der Waals surface area (Å²) in [5, 5.41) is 0. The summed E-state index contributed by atoms with van der Waals surface area (Å²) in [5.74, 6) is 0.503. The van der Waals surface area contributed by atoms with Crippen LogP contribution < -0.4 is 0 Å². The summed E-state index contributed by atoms with van der Waals surface area (Å²) in [6, 6.07) is 0. The molecule has 2 bridgehead atoms. The van der Waals surface area contributed by atoms with Crippen LogP contribution >= 0.6 is 0 Å². The van der Waals surface area contributed by atoms with Crippen molar-refractivity contribution in [3.05, 3.63) is 11.6 Å². The first kappa shape index (κ1) is 14.1. The number of fused-ring (bicyclic) bond motifs is 1. The van der Waals surface area contributed by atoms with Crippen LogP contribution in [0, 0.1) is 16.7 Å². The van der Waals surface area contributed by atoms with Gasteiger partial charge in [0.25, 0.3) is 0 Å². The lowest BCUT2D eigenvalue weighted by molar-refractivity contribution is -0.142. The molecule has 0 amide bonds. The van der Waals surface area contributed by atoms with Crippen molar-refractivity contribution in [1.82, 2.24) is 0 Å². The summed E-state index contributed by atoms with van der Waals surface area (Å²) in [6.07, 6.45) is 6.62. The molecule has 3 nitrogen and oxygen atoms in total. The molecule has 20 heavy (non-hydrogen) atoms. The zero-order valence-electron chi connectivity index (χ0n) is 13.1. The van der Waals surface area contributed by atoms with Crippen molar-refractivity contribution in [3.8, 4) is 0 Å². The van der Waals surface area contributed by atoms with Crippen LogP contribution in [0.3, 0.4) is 0 Å². The highest BCUT2D eigenvalue weighted by Crippen LogP contribution is 2.70. The Kier molecular flexibility index (Phi) is 3.06. The van der Waals surface area contributed by atoms with Gasteiger partial charge in [-0.3, -0.25) is 0 Å². The van der Waals surface area contributed by atoms with Gasteiger partial charge in [0, 0.05) is 6.61 Å². The van der Waals surface area contributed by atoms with E-state index in [4.69, 9.17) is 9.47 Å². The summed E-state index contributed by atoms with van der Waals surface area (Å²) >= 11 is 0. The normalized spacial score (nSPS) is 40.6. The molecule has 112 valence electrons. The van der Waals surface area contributed by atoms with Crippen molar-refractivity contribution < 1.29 is 14.3 Å².